The van der Waals surface area contributed by atoms with Gasteiger partial charge in [0.15, 0.2) is 0 Å². The lowest BCUT2D eigenvalue weighted by atomic mass is 10.3. The van der Waals surface area contributed by atoms with Crippen molar-refractivity contribution in [3.63, 3.8) is 0 Å². The van der Waals surface area contributed by atoms with E-state index in [0.29, 0.717) is 5.75 Å². The highest BCUT2D eigenvalue weighted by molar-refractivity contribution is 14.1. The molecule has 1 aromatic carbocycles. The average molecular weight is 315 g/mol. The quantitative estimate of drug-likeness (QED) is 0.593. The van der Waals surface area contributed by atoms with Crippen LogP contribution in [0.4, 0.5) is 0 Å². The van der Waals surface area contributed by atoms with E-state index in [2.05, 4.69) is 22.6 Å². The Morgan fingerprint density at radius 2 is 2.08 bits per heavy atom. The third-order valence-corrected chi connectivity index (χ3v) is 2.52. The van der Waals surface area contributed by atoms with Gasteiger partial charge in [0, 0.05) is 0 Å². The minimum Gasteiger partial charge on any atom is -0.443 e. The van der Waals surface area contributed by atoms with Crippen LogP contribution in [0.25, 0.3) is 0 Å². The van der Waals surface area contributed by atoms with Crippen LogP contribution < -0.4 is 4.74 Å². The lowest BCUT2D eigenvalue weighted by Gasteiger charge is -2.03. The van der Waals surface area contributed by atoms with Crippen LogP contribution >= 0.6 is 45.8 Å². The zero-order valence-electron chi connectivity index (χ0n) is 5.93. The second-order valence-electron chi connectivity index (χ2n) is 1.95. The summed E-state index contributed by atoms with van der Waals surface area (Å²) in [4.78, 5) is 0. The fraction of sp³-hybridized carbons (Fsp3) is 0. The topological polar surface area (TPSA) is 9.23 Å². The monoisotopic (exact) mass is 314 g/mol. The van der Waals surface area contributed by atoms with Gasteiger partial charge in [-0.25, -0.2) is 0 Å². The number of para-hydroxylation sites is 1. The number of halogens is 3. The lowest BCUT2D eigenvalue weighted by Crippen LogP contribution is -1.89. The zero-order valence-corrected chi connectivity index (χ0v) is 9.60. The first kappa shape index (κ1) is 10.2. The number of hydrogen-bond donors (Lipinski definition) is 0. The molecule has 0 aliphatic carbocycles. The van der Waals surface area contributed by atoms with Gasteiger partial charge in [0.1, 0.15) is 5.75 Å². The van der Waals surface area contributed by atoms with E-state index in [9.17, 15) is 0 Å². The SMILES string of the molecule is Cl/C=C(/Cl)Oc1ccccc1I. The van der Waals surface area contributed by atoms with E-state index in [-0.39, 0.29) is 5.22 Å². The summed E-state index contributed by atoms with van der Waals surface area (Å²) in [5.41, 5.74) is 1.19. The van der Waals surface area contributed by atoms with Crippen molar-refractivity contribution in [1.82, 2.24) is 0 Å². The van der Waals surface area contributed by atoms with Gasteiger partial charge in [-0.2, -0.15) is 0 Å². The maximum absolute atomic E-state index is 5.58. The van der Waals surface area contributed by atoms with Gasteiger partial charge in [0.05, 0.1) is 9.11 Å². The minimum absolute atomic E-state index is 0.167. The van der Waals surface area contributed by atoms with E-state index < -0.39 is 0 Å². The molecule has 1 nitrogen and oxygen atoms in total. The summed E-state index contributed by atoms with van der Waals surface area (Å²) in [7, 11) is 0. The van der Waals surface area contributed by atoms with Gasteiger partial charge in [-0.15, -0.1) is 0 Å². The molecule has 0 aliphatic heterocycles. The molecule has 0 fully saturated rings. The normalized spacial score (nSPS) is 11.4. The highest BCUT2D eigenvalue weighted by Crippen LogP contribution is 2.23. The summed E-state index contributed by atoms with van der Waals surface area (Å²) < 4.78 is 6.17. The van der Waals surface area contributed by atoms with Crippen LogP contribution in [0.15, 0.2) is 35.0 Å². The summed E-state index contributed by atoms with van der Waals surface area (Å²) >= 11 is 13.1. The van der Waals surface area contributed by atoms with Crippen LogP contribution in [0.3, 0.4) is 0 Å². The van der Waals surface area contributed by atoms with Crippen LogP contribution in [0.2, 0.25) is 0 Å². The average Bonchev–Trinajstić information content (AvgIpc) is 2.09. The number of ether oxygens (including phenoxy) is 1. The molecule has 1 aromatic rings. The molecule has 0 saturated carbocycles. The molecule has 0 N–H and O–H groups in total. The molecule has 0 amide bonds. The smallest absolute Gasteiger partial charge is 0.205 e. The Hall–Kier alpha value is 0.0700. The number of benzene rings is 1. The Kier molecular flexibility index (Phi) is 4.18. The summed E-state index contributed by atoms with van der Waals surface area (Å²) in [6.07, 6.45) is 0. The van der Waals surface area contributed by atoms with Gasteiger partial charge in [-0.3, -0.25) is 0 Å². The van der Waals surface area contributed by atoms with E-state index in [1.54, 1.807) is 0 Å². The maximum Gasteiger partial charge on any atom is 0.205 e. The van der Waals surface area contributed by atoms with Crippen LogP contribution in [0, 0.1) is 3.57 Å². The first-order valence-electron chi connectivity index (χ1n) is 3.12. The van der Waals surface area contributed by atoms with Crippen LogP contribution in [0.1, 0.15) is 0 Å². The molecular formula is C8H5Cl2IO. The molecule has 0 heterocycles. The third-order valence-electron chi connectivity index (χ3n) is 1.13. The number of hydrogen-bond acceptors (Lipinski definition) is 1. The first-order valence-corrected chi connectivity index (χ1v) is 5.01. The van der Waals surface area contributed by atoms with Crippen molar-refractivity contribution in [3.8, 4) is 5.75 Å². The highest BCUT2D eigenvalue weighted by Gasteiger charge is 2.00. The standard InChI is InChI=1S/C8H5Cl2IO/c9-5-8(10)12-7-4-2-1-3-6(7)11/h1-5H/b8-5-. The van der Waals surface area contributed by atoms with E-state index in [1.807, 2.05) is 24.3 Å². The Bertz CT molecular complexity index is 299. The molecule has 64 valence electrons. The molecule has 0 aliphatic rings. The second kappa shape index (κ2) is 4.94. The van der Waals surface area contributed by atoms with Gasteiger partial charge in [0.2, 0.25) is 5.22 Å². The molecule has 4 heteroatoms. The fourth-order valence-electron chi connectivity index (χ4n) is 0.655. The summed E-state index contributed by atoms with van der Waals surface area (Å²) in [6, 6.07) is 7.54. The molecule has 0 unspecified atom stereocenters. The molecule has 0 spiro atoms. The van der Waals surface area contributed by atoms with E-state index in [0.717, 1.165) is 3.57 Å². The largest absolute Gasteiger partial charge is 0.443 e. The van der Waals surface area contributed by atoms with Crippen molar-refractivity contribution in [2.24, 2.45) is 0 Å². The van der Waals surface area contributed by atoms with Crippen LogP contribution in [0.5, 0.6) is 5.75 Å². The van der Waals surface area contributed by atoms with Gasteiger partial charge < -0.3 is 4.74 Å². The highest BCUT2D eigenvalue weighted by atomic mass is 127. The molecule has 12 heavy (non-hydrogen) atoms. The van der Waals surface area contributed by atoms with Crippen molar-refractivity contribution < 1.29 is 4.74 Å². The molecule has 1 rings (SSSR count). The molecular weight excluding hydrogens is 310 g/mol. The maximum atomic E-state index is 5.58. The lowest BCUT2D eigenvalue weighted by molar-refractivity contribution is 0.460. The van der Waals surface area contributed by atoms with E-state index >= 15 is 0 Å². The molecule has 0 saturated heterocycles. The second-order valence-corrected chi connectivity index (χ2v) is 3.70. The predicted molar refractivity (Wildman–Crippen MR) is 59.6 cm³/mol. The molecule has 0 bridgehead atoms. The predicted octanol–water partition coefficient (Wildman–Crippen LogP) is 3.95. The van der Waals surface area contributed by atoms with Gasteiger partial charge in [0.25, 0.3) is 0 Å². The summed E-state index contributed by atoms with van der Waals surface area (Å²) in [5, 5.41) is 0.167. The van der Waals surface area contributed by atoms with Crippen molar-refractivity contribution in [1.29, 1.82) is 0 Å². The third kappa shape index (κ3) is 2.84. The molecule has 0 atom stereocenters. The Labute approximate surface area is 94.5 Å². The van der Waals surface area contributed by atoms with E-state index in [1.165, 1.54) is 5.54 Å². The van der Waals surface area contributed by atoms with Crippen LogP contribution in [-0.2, 0) is 0 Å². The molecule has 0 radical (unpaired) electrons. The van der Waals surface area contributed by atoms with Crippen molar-refractivity contribution in [2.45, 2.75) is 0 Å². The minimum atomic E-state index is 0.167. The fourth-order valence-corrected chi connectivity index (χ4v) is 1.28. The molecule has 0 aromatic heterocycles. The van der Waals surface area contributed by atoms with Gasteiger partial charge in [-0.05, 0) is 46.3 Å². The number of rotatable bonds is 2. The Morgan fingerprint density at radius 3 is 2.67 bits per heavy atom. The van der Waals surface area contributed by atoms with E-state index in [4.69, 9.17) is 27.9 Å². The van der Waals surface area contributed by atoms with Crippen LogP contribution in [-0.4, -0.2) is 0 Å². The van der Waals surface area contributed by atoms with Crippen molar-refractivity contribution >= 4 is 45.8 Å². The first-order chi connectivity index (χ1) is 5.74. The van der Waals surface area contributed by atoms with Crippen molar-refractivity contribution in [3.05, 3.63) is 38.6 Å². The Morgan fingerprint density at radius 1 is 1.42 bits per heavy atom. The Balaban J connectivity index is 2.82. The zero-order chi connectivity index (χ0) is 8.97. The van der Waals surface area contributed by atoms with Gasteiger partial charge >= 0.3 is 0 Å². The van der Waals surface area contributed by atoms with Gasteiger partial charge in [-0.1, -0.05) is 23.7 Å². The summed E-state index contributed by atoms with van der Waals surface area (Å²) in [6.45, 7) is 0. The van der Waals surface area contributed by atoms with Crippen molar-refractivity contribution in [2.75, 3.05) is 0 Å². The summed E-state index contributed by atoms with van der Waals surface area (Å²) in [5.74, 6) is 0.708.